The molecule has 116 valence electrons. The van der Waals surface area contributed by atoms with Crippen LogP contribution < -0.4 is 4.72 Å². The number of rotatable bonds is 7. The van der Waals surface area contributed by atoms with Crippen LogP contribution in [0.5, 0.6) is 0 Å². The van der Waals surface area contributed by atoms with Crippen LogP contribution in [0.15, 0.2) is 0 Å². The standard InChI is InChI=1S/C14H27N3O2S/c1-11(13-3-4-13)16(2)20(18,19)15-9-12-7-8-17(10-12)14-5-6-14/h11-15H,3-10H2,1-2H3/t11-,12-/m0/s1. The number of nitrogens with zero attached hydrogens (tertiary/aromatic N) is 2. The topological polar surface area (TPSA) is 52.7 Å². The maximum atomic E-state index is 12.3. The Morgan fingerprint density at radius 2 is 1.95 bits per heavy atom. The molecule has 2 saturated carbocycles. The van der Waals surface area contributed by atoms with Gasteiger partial charge in [-0.15, -0.1) is 0 Å². The van der Waals surface area contributed by atoms with Gasteiger partial charge in [0.15, 0.2) is 0 Å². The molecule has 0 spiro atoms. The SMILES string of the molecule is C[C@@H](C1CC1)N(C)S(=O)(=O)NC[C@@H]1CCN(C2CC2)C1. The minimum absolute atomic E-state index is 0.124. The lowest BCUT2D eigenvalue weighted by Gasteiger charge is -2.25. The molecule has 3 fully saturated rings. The van der Waals surface area contributed by atoms with Crippen molar-refractivity contribution in [3.05, 3.63) is 0 Å². The summed E-state index contributed by atoms with van der Waals surface area (Å²) in [5.41, 5.74) is 0. The van der Waals surface area contributed by atoms with Gasteiger partial charge in [0.1, 0.15) is 0 Å². The third-order valence-electron chi connectivity index (χ3n) is 5.19. The Balaban J connectivity index is 1.46. The molecule has 1 saturated heterocycles. The molecule has 1 heterocycles. The van der Waals surface area contributed by atoms with Gasteiger partial charge in [-0.3, -0.25) is 0 Å². The molecule has 3 rings (SSSR count). The van der Waals surface area contributed by atoms with Crippen molar-refractivity contribution in [3.8, 4) is 0 Å². The molecule has 0 bridgehead atoms. The van der Waals surface area contributed by atoms with E-state index in [0.717, 1.165) is 25.6 Å². The number of hydrogen-bond donors (Lipinski definition) is 1. The second-order valence-electron chi connectivity index (χ2n) is 6.83. The Kier molecular flexibility index (Phi) is 4.10. The first-order valence-corrected chi connectivity index (χ1v) is 9.38. The predicted octanol–water partition coefficient (Wildman–Crippen LogP) is 1.04. The van der Waals surface area contributed by atoms with Gasteiger partial charge >= 0.3 is 0 Å². The Hall–Kier alpha value is -0.170. The van der Waals surface area contributed by atoms with E-state index in [1.54, 1.807) is 7.05 Å². The van der Waals surface area contributed by atoms with Crippen LogP contribution in [0.4, 0.5) is 0 Å². The van der Waals surface area contributed by atoms with E-state index in [2.05, 4.69) is 9.62 Å². The fourth-order valence-electron chi connectivity index (χ4n) is 3.22. The zero-order valence-electron chi connectivity index (χ0n) is 12.6. The quantitative estimate of drug-likeness (QED) is 0.764. The van der Waals surface area contributed by atoms with Crippen LogP contribution in [-0.2, 0) is 10.2 Å². The molecule has 0 amide bonds. The summed E-state index contributed by atoms with van der Waals surface area (Å²) in [7, 11) is -1.60. The van der Waals surface area contributed by atoms with Crippen molar-refractivity contribution in [2.24, 2.45) is 11.8 Å². The first-order valence-electron chi connectivity index (χ1n) is 7.94. The molecular weight excluding hydrogens is 274 g/mol. The Morgan fingerprint density at radius 3 is 2.55 bits per heavy atom. The van der Waals surface area contributed by atoms with Crippen LogP contribution in [0.2, 0.25) is 0 Å². The summed E-state index contributed by atoms with van der Waals surface area (Å²) in [6, 6.07) is 0.924. The Bertz CT molecular complexity index is 445. The van der Waals surface area contributed by atoms with Gasteiger partial charge < -0.3 is 4.90 Å². The van der Waals surface area contributed by atoms with Crippen molar-refractivity contribution in [1.82, 2.24) is 13.9 Å². The fourth-order valence-corrected chi connectivity index (χ4v) is 4.48. The van der Waals surface area contributed by atoms with Gasteiger partial charge in [-0.05, 0) is 57.4 Å². The van der Waals surface area contributed by atoms with Crippen LogP contribution in [-0.4, -0.2) is 56.4 Å². The van der Waals surface area contributed by atoms with E-state index in [0.29, 0.717) is 18.4 Å². The average molecular weight is 301 g/mol. The van der Waals surface area contributed by atoms with Gasteiger partial charge in [0, 0.05) is 32.2 Å². The molecule has 1 N–H and O–H groups in total. The summed E-state index contributed by atoms with van der Waals surface area (Å²) in [5, 5.41) is 0. The largest absolute Gasteiger partial charge is 0.300 e. The second-order valence-corrected chi connectivity index (χ2v) is 8.64. The molecule has 0 aromatic heterocycles. The highest BCUT2D eigenvalue weighted by atomic mass is 32.2. The molecule has 2 aliphatic carbocycles. The predicted molar refractivity (Wildman–Crippen MR) is 79.6 cm³/mol. The zero-order valence-corrected chi connectivity index (χ0v) is 13.4. The maximum Gasteiger partial charge on any atom is 0.279 e. The van der Waals surface area contributed by atoms with E-state index in [4.69, 9.17) is 0 Å². The molecule has 6 heteroatoms. The molecular formula is C14H27N3O2S. The number of hydrogen-bond acceptors (Lipinski definition) is 3. The second kappa shape index (κ2) is 5.55. The number of nitrogens with one attached hydrogen (secondary N) is 1. The summed E-state index contributed by atoms with van der Waals surface area (Å²) in [6.07, 6.45) is 6.13. The van der Waals surface area contributed by atoms with Crippen LogP contribution >= 0.6 is 0 Å². The highest BCUT2D eigenvalue weighted by Crippen LogP contribution is 2.35. The van der Waals surface area contributed by atoms with Crippen molar-refractivity contribution in [2.45, 2.75) is 51.1 Å². The number of likely N-dealkylation sites (tertiary alicyclic amines) is 1. The lowest BCUT2D eigenvalue weighted by molar-refractivity contribution is 0.312. The van der Waals surface area contributed by atoms with Crippen LogP contribution in [0.1, 0.15) is 39.0 Å². The molecule has 5 nitrogen and oxygen atoms in total. The first-order chi connectivity index (χ1) is 9.47. The Morgan fingerprint density at radius 1 is 1.25 bits per heavy atom. The molecule has 0 radical (unpaired) electrons. The highest BCUT2D eigenvalue weighted by Gasteiger charge is 2.37. The van der Waals surface area contributed by atoms with Gasteiger partial charge in [0.2, 0.25) is 0 Å². The van der Waals surface area contributed by atoms with Crippen molar-refractivity contribution in [3.63, 3.8) is 0 Å². The minimum Gasteiger partial charge on any atom is -0.300 e. The van der Waals surface area contributed by atoms with Crippen molar-refractivity contribution >= 4 is 10.2 Å². The summed E-state index contributed by atoms with van der Waals surface area (Å²) in [4.78, 5) is 2.52. The lowest BCUT2D eigenvalue weighted by atomic mass is 10.1. The van der Waals surface area contributed by atoms with Gasteiger partial charge in [-0.1, -0.05) is 0 Å². The molecule has 3 aliphatic rings. The van der Waals surface area contributed by atoms with E-state index in [-0.39, 0.29) is 6.04 Å². The van der Waals surface area contributed by atoms with Crippen LogP contribution in [0, 0.1) is 11.8 Å². The van der Waals surface area contributed by atoms with Crippen molar-refractivity contribution in [1.29, 1.82) is 0 Å². The van der Waals surface area contributed by atoms with E-state index < -0.39 is 10.2 Å². The van der Waals surface area contributed by atoms with Crippen molar-refractivity contribution in [2.75, 3.05) is 26.7 Å². The molecule has 0 unspecified atom stereocenters. The highest BCUT2D eigenvalue weighted by molar-refractivity contribution is 7.87. The fraction of sp³-hybridized carbons (Fsp3) is 1.00. The van der Waals surface area contributed by atoms with Crippen molar-refractivity contribution < 1.29 is 8.42 Å². The monoisotopic (exact) mass is 301 g/mol. The zero-order chi connectivity index (χ0) is 14.3. The molecule has 2 atom stereocenters. The summed E-state index contributed by atoms with van der Waals surface area (Å²) >= 11 is 0. The average Bonchev–Trinajstić information content (AvgIpc) is 3.33. The smallest absolute Gasteiger partial charge is 0.279 e. The van der Waals surface area contributed by atoms with E-state index in [9.17, 15) is 8.42 Å². The maximum absolute atomic E-state index is 12.3. The van der Waals surface area contributed by atoms with Crippen LogP contribution in [0.25, 0.3) is 0 Å². The normalized spacial score (nSPS) is 30.1. The molecule has 1 aliphatic heterocycles. The van der Waals surface area contributed by atoms with Gasteiger partial charge in [-0.25, -0.2) is 4.72 Å². The van der Waals surface area contributed by atoms with E-state index in [1.807, 2.05) is 6.92 Å². The van der Waals surface area contributed by atoms with E-state index in [1.165, 1.54) is 30.0 Å². The first kappa shape index (κ1) is 14.8. The van der Waals surface area contributed by atoms with E-state index >= 15 is 0 Å². The summed E-state index contributed by atoms with van der Waals surface area (Å²) < 4.78 is 28.9. The van der Waals surface area contributed by atoms with Gasteiger partial charge in [0.25, 0.3) is 10.2 Å². The minimum atomic E-state index is -3.31. The van der Waals surface area contributed by atoms with Gasteiger partial charge in [0.05, 0.1) is 0 Å². The lowest BCUT2D eigenvalue weighted by Crippen LogP contribution is -2.45. The summed E-state index contributed by atoms with van der Waals surface area (Å²) in [6.45, 7) is 4.81. The molecule has 0 aromatic carbocycles. The summed E-state index contributed by atoms with van der Waals surface area (Å²) in [5.74, 6) is 1.04. The third-order valence-corrected chi connectivity index (χ3v) is 6.81. The molecule has 20 heavy (non-hydrogen) atoms. The van der Waals surface area contributed by atoms with Crippen LogP contribution in [0.3, 0.4) is 0 Å². The Labute approximate surface area is 122 Å². The third kappa shape index (κ3) is 3.35. The van der Waals surface area contributed by atoms with Gasteiger partial charge in [-0.2, -0.15) is 12.7 Å². The molecule has 0 aromatic rings.